The highest BCUT2D eigenvalue weighted by Crippen LogP contribution is 2.60. The first-order valence-corrected chi connectivity index (χ1v) is 11.0. The number of rotatable bonds is 5. The van der Waals surface area contributed by atoms with Crippen molar-refractivity contribution in [2.24, 2.45) is 23.2 Å². The normalized spacial score (nSPS) is 35.6. The third kappa shape index (κ3) is 3.52. The fourth-order valence-electron chi connectivity index (χ4n) is 6.89. The van der Waals surface area contributed by atoms with E-state index in [2.05, 4.69) is 10.3 Å². The van der Waals surface area contributed by atoms with Gasteiger partial charge in [-0.15, -0.1) is 0 Å². The van der Waals surface area contributed by atoms with Crippen molar-refractivity contribution >= 4 is 17.6 Å². The number of ketones is 1. The zero-order chi connectivity index (χ0) is 20.0. The molecular formula is C23H29N3O3. The Balaban J connectivity index is 1.24. The average Bonchev–Trinajstić information content (AvgIpc) is 3.16. The summed E-state index contributed by atoms with van der Waals surface area (Å²) in [5.74, 6) is 1.86. The molecule has 6 rings (SSSR count). The Morgan fingerprint density at radius 3 is 2.28 bits per heavy atom. The first-order chi connectivity index (χ1) is 14.0. The number of nitrogens with zero attached hydrogens (tertiary/aromatic N) is 2. The molecule has 6 heteroatoms. The predicted molar refractivity (Wildman–Crippen MR) is 107 cm³/mol. The van der Waals surface area contributed by atoms with E-state index in [0.29, 0.717) is 24.3 Å². The van der Waals surface area contributed by atoms with Crippen LogP contribution in [0.25, 0.3) is 0 Å². The molecule has 154 valence electrons. The lowest BCUT2D eigenvalue weighted by Crippen LogP contribution is -2.54. The molecule has 2 amide bonds. The lowest BCUT2D eigenvalue weighted by Gasteiger charge is -2.56. The van der Waals surface area contributed by atoms with Crippen molar-refractivity contribution in [2.75, 3.05) is 13.1 Å². The number of imide groups is 1. The first kappa shape index (κ1) is 18.9. The lowest BCUT2D eigenvalue weighted by molar-refractivity contribution is -0.145. The van der Waals surface area contributed by atoms with Gasteiger partial charge in [-0.25, -0.2) is 0 Å². The summed E-state index contributed by atoms with van der Waals surface area (Å²) < 4.78 is 0. The zero-order valence-corrected chi connectivity index (χ0v) is 16.8. The van der Waals surface area contributed by atoms with E-state index in [-0.39, 0.29) is 11.3 Å². The van der Waals surface area contributed by atoms with Crippen LogP contribution in [0.5, 0.6) is 0 Å². The van der Waals surface area contributed by atoms with Crippen molar-refractivity contribution in [3.8, 4) is 0 Å². The minimum Gasteiger partial charge on any atom is -0.298 e. The Morgan fingerprint density at radius 2 is 1.66 bits per heavy atom. The Kier molecular flexibility index (Phi) is 4.77. The molecule has 1 saturated heterocycles. The number of carbonyl (C=O) groups is 3. The van der Waals surface area contributed by atoms with Crippen molar-refractivity contribution in [3.63, 3.8) is 0 Å². The Labute approximate surface area is 171 Å². The summed E-state index contributed by atoms with van der Waals surface area (Å²) in [5, 5.41) is 2.52. The predicted octanol–water partition coefficient (Wildman–Crippen LogP) is 2.59. The van der Waals surface area contributed by atoms with E-state index in [4.69, 9.17) is 0 Å². The number of hydrogen-bond donors (Lipinski definition) is 1. The Bertz CT molecular complexity index is 787. The van der Waals surface area contributed by atoms with Gasteiger partial charge in [0, 0.05) is 23.4 Å². The van der Waals surface area contributed by atoms with E-state index in [1.807, 2.05) is 4.90 Å². The third-order valence-corrected chi connectivity index (χ3v) is 7.82. The van der Waals surface area contributed by atoms with E-state index in [1.54, 1.807) is 12.1 Å². The molecule has 6 nitrogen and oxygen atoms in total. The molecule has 0 aromatic carbocycles. The fraction of sp³-hybridized carbons (Fsp3) is 0.652. The second-order valence-corrected chi connectivity index (χ2v) is 9.80. The summed E-state index contributed by atoms with van der Waals surface area (Å²) in [7, 11) is 0. The first-order valence-electron chi connectivity index (χ1n) is 11.0. The molecule has 29 heavy (non-hydrogen) atoms. The van der Waals surface area contributed by atoms with E-state index < -0.39 is 11.9 Å². The number of pyridine rings is 1. The van der Waals surface area contributed by atoms with Crippen LogP contribution in [0.1, 0.15) is 61.7 Å². The van der Waals surface area contributed by atoms with Gasteiger partial charge in [-0.05, 0) is 87.8 Å². The van der Waals surface area contributed by atoms with E-state index in [9.17, 15) is 14.4 Å². The summed E-state index contributed by atoms with van der Waals surface area (Å²) in [6.07, 6.45) is 11.8. The van der Waals surface area contributed by atoms with E-state index in [0.717, 1.165) is 50.0 Å². The van der Waals surface area contributed by atoms with Crippen LogP contribution in [-0.4, -0.2) is 46.6 Å². The van der Waals surface area contributed by atoms with Crippen LogP contribution in [0.15, 0.2) is 24.5 Å². The number of Topliss-reactive ketones (excluding diaryl/α,β-unsaturated/α-hetero) is 1. The molecule has 1 aliphatic heterocycles. The monoisotopic (exact) mass is 395 g/mol. The van der Waals surface area contributed by atoms with Crippen LogP contribution in [0, 0.1) is 23.2 Å². The maximum atomic E-state index is 13.4. The highest BCUT2D eigenvalue weighted by atomic mass is 16.2. The molecule has 5 fully saturated rings. The molecule has 0 spiro atoms. The maximum absolute atomic E-state index is 13.4. The topological polar surface area (TPSA) is 79.4 Å². The molecule has 1 aromatic heterocycles. The third-order valence-electron chi connectivity index (χ3n) is 7.82. The van der Waals surface area contributed by atoms with Gasteiger partial charge in [0.05, 0.1) is 12.6 Å². The molecular weight excluding hydrogens is 366 g/mol. The quantitative estimate of drug-likeness (QED) is 0.775. The Morgan fingerprint density at radius 1 is 1.03 bits per heavy atom. The van der Waals surface area contributed by atoms with Gasteiger partial charge >= 0.3 is 0 Å². The molecule has 4 saturated carbocycles. The van der Waals surface area contributed by atoms with Crippen molar-refractivity contribution < 1.29 is 14.4 Å². The minimum absolute atomic E-state index is 0.134. The summed E-state index contributed by atoms with van der Waals surface area (Å²) in [5.41, 5.74) is 0.285. The summed E-state index contributed by atoms with van der Waals surface area (Å²) in [6, 6.07) is 2.79. The number of hydrogen-bond acceptors (Lipinski definition) is 5. The highest BCUT2D eigenvalue weighted by molar-refractivity contribution is 6.06. The van der Waals surface area contributed by atoms with Crippen LogP contribution in [-0.2, 0) is 9.59 Å². The van der Waals surface area contributed by atoms with Crippen LogP contribution < -0.4 is 5.32 Å². The number of carbonyl (C=O) groups excluding carboxylic acids is 3. The number of likely N-dealkylation sites (tertiary alicyclic amines) is 1. The second-order valence-electron chi connectivity index (χ2n) is 9.80. The zero-order valence-electron chi connectivity index (χ0n) is 16.8. The second kappa shape index (κ2) is 7.31. The lowest BCUT2D eigenvalue weighted by atomic mass is 9.48. The van der Waals surface area contributed by atoms with Gasteiger partial charge in [0.2, 0.25) is 5.91 Å². The van der Waals surface area contributed by atoms with Crippen LogP contribution in [0.4, 0.5) is 0 Å². The fourth-order valence-corrected chi connectivity index (χ4v) is 6.89. The smallest absolute Gasteiger partial charge is 0.257 e. The summed E-state index contributed by atoms with van der Waals surface area (Å²) >= 11 is 0. The maximum Gasteiger partial charge on any atom is 0.257 e. The summed E-state index contributed by atoms with van der Waals surface area (Å²) in [4.78, 5) is 44.4. The molecule has 0 unspecified atom stereocenters. The summed E-state index contributed by atoms with van der Waals surface area (Å²) in [6.45, 7) is 1.10. The number of aromatic nitrogens is 1. The van der Waals surface area contributed by atoms with Gasteiger partial charge in [-0.3, -0.25) is 29.6 Å². The van der Waals surface area contributed by atoms with Crippen LogP contribution in [0.2, 0.25) is 0 Å². The van der Waals surface area contributed by atoms with Gasteiger partial charge in [0.1, 0.15) is 0 Å². The molecule has 4 bridgehead atoms. The molecule has 1 N–H and O–H groups in total. The molecule has 4 aliphatic carbocycles. The largest absolute Gasteiger partial charge is 0.298 e. The SMILES string of the molecule is O=C(NC(=O)[C@@H]1CCCN1CC(=O)C12CC3CC(CC(C3)C1)C2)c1ccncc1. The van der Waals surface area contributed by atoms with Crippen LogP contribution in [0.3, 0.4) is 0 Å². The molecule has 1 atom stereocenters. The van der Waals surface area contributed by atoms with E-state index >= 15 is 0 Å². The van der Waals surface area contributed by atoms with Gasteiger partial charge < -0.3 is 0 Å². The van der Waals surface area contributed by atoms with E-state index in [1.165, 1.54) is 31.7 Å². The number of nitrogens with one attached hydrogen (secondary N) is 1. The van der Waals surface area contributed by atoms with Gasteiger partial charge in [0.15, 0.2) is 5.78 Å². The van der Waals surface area contributed by atoms with Crippen molar-refractivity contribution in [1.82, 2.24) is 15.2 Å². The highest BCUT2D eigenvalue weighted by Gasteiger charge is 2.54. The number of amides is 2. The van der Waals surface area contributed by atoms with Gasteiger partial charge in [0.25, 0.3) is 5.91 Å². The van der Waals surface area contributed by atoms with Crippen molar-refractivity contribution in [2.45, 2.75) is 57.4 Å². The average molecular weight is 396 g/mol. The molecule has 0 radical (unpaired) electrons. The van der Waals surface area contributed by atoms with Gasteiger partial charge in [-0.2, -0.15) is 0 Å². The van der Waals surface area contributed by atoms with Gasteiger partial charge in [-0.1, -0.05) is 0 Å². The Hall–Kier alpha value is -2.08. The van der Waals surface area contributed by atoms with Crippen LogP contribution >= 0.6 is 0 Å². The standard InChI is InChI=1S/C23H29N3O3/c27-20(23-11-15-8-16(12-23)10-17(9-15)13-23)14-26-7-1-2-19(26)22(29)25-21(28)18-3-5-24-6-4-18/h3-6,15-17,19H,1-2,7-14H2,(H,25,28,29)/t15?,16?,17?,19-,23?/m0/s1. The van der Waals surface area contributed by atoms with Crippen molar-refractivity contribution in [1.29, 1.82) is 0 Å². The molecule has 5 aliphatic rings. The van der Waals surface area contributed by atoms with Crippen molar-refractivity contribution in [3.05, 3.63) is 30.1 Å². The molecule has 2 heterocycles. The minimum atomic E-state index is -0.406. The molecule has 1 aromatic rings.